The summed E-state index contributed by atoms with van der Waals surface area (Å²) in [4.78, 5) is 8.17. The molecule has 0 saturated carbocycles. The maximum atomic E-state index is 4.08. The van der Waals surface area contributed by atoms with Crippen molar-refractivity contribution in [3.63, 3.8) is 0 Å². The zero-order valence-corrected chi connectivity index (χ0v) is 14.6. The molecule has 2 nitrogen and oxygen atoms in total. The maximum Gasteiger partial charge on any atom is 0.100 e. The Hall–Kier alpha value is -1.48. The molecule has 0 saturated heterocycles. The highest BCUT2D eigenvalue weighted by Gasteiger charge is 1.83. The number of rotatable bonds is 2. The highest BCUT2D eigenvalue weighted by molar-refractivity contribution is 7.98. The number of aliphatic imine (C=N–C) groups is 2. The van der Waals surface area contributed by atoms with Gasteiger partial charge in [0.1, 0.15) is 6.01 Å². The van der Waals surface area contributed by atoms with Crippen LogP contribution in [0.25, 0.3) is 0 Å². The highest BCUT2D eigenvalue weighted by Crippen LogP contribution is 2.10. The summed E-state index contributed by atoms with van der Waals surface area (Å²) in [7, 11) is 0. The molecule has 112 valence electrons. The van der Waals surface area contributed by atoms with Gasteiger partial charge in [-0.25, -0.2) is 0 Å². The third-order valence-electron chi connectivity index (χ3n) is 1.87. The lowest BCUT2D eigenvalue weighted by Crippen LogP contribution is -1.63. The second-order valence-electron chi connectivity index (χ2n) is 3.81. The number of thioether (sulfide) groups is 2. The van der Waals surface area contributed by atoms with Crippen LogP contribution in [0.5, 0.6) is 0 Å². The number of benzene rings is 2. The first-order chi connectivity index (χ1) is 10.3. The van der Waals surface area contributed by atoms with E-state index in [2.05, 4.69) is 16.0 Å². The predicted octanol–water partition coefficient (Wildman–Crippen LogP) is 5.78. The molecule has 0 bridgehead atoms. The molecule has 0 radical (unpaired) electrons. The van der Waals surface area contributed by atoms with E-state index < -0.39 is 0 Å². The minimum Gasteiger partial charge on any atom is -0.188 e. The number of para-hydroxylation sites is 2. The predicted molar refractivity (Wildman–Crippen MR) is 101 cm³/mol. The molecule has 2 aromatic rings. The normalized spacial score (nSPS) is 8.19. The lowest BCUT2D eigenvalue weighted by molar-refractivity contribution is 1.49. The van der Waals surface area contributed by atoms with E-state index in [1.165, 1.54) is 0 Å². The summed E-state index contributed by atoms with van der Waals surface area (Å²) in [5.41, 5.74) is 1.72. The Morgan fingerprint density at radius 2 is 0.905 bits per heavy atom. The highest BCUT2D eigenvalue weighted by atomic mass is 32.2. The molecule has 0 amide bonds. The van der Waals surface area contributed by atoms with Crippen LogP contribution in [-0.4, -0.2) is 31.0 Å². The van der Waals surface area contributed by atoms with E-state index in [4.69, 9.17) is 0 Å². The van der Waals surface area contributed by atoms with Crippen molar-refractivity contribution in [2.45, 2.75) is 0 Å². The Balaban J connectivity index is 0.000000578. The average Bonchev–Trinajstić information content (AvgIpc) is 2.51. The van der Waals surface area contributed by atoms with Crippen LogP contribution in [0, 0.1) is 0 Å². The van der Waals surface area contributed by atoms with E-state index in [1.807, 2.05) is 85.7 Å². The van der Waals surface area contributed by atoms with Gasteiger partial charge in [0.05, 0.1) is 11.4 Å². The van der Waals surface area contributed by atoms with Gasteiger partial charge in [-0.1, -0.05) is 36.4 Å². The van der Waals surface area contributed by atoms with Crippen molar-refractivity contribution in [3.8, 4) is 0 Å². The zero-order chi connectivity index (χ0) is 15.8. The van der Waals surface area contributed by atoms with Crippen molar-refractivity contribution in [2.24, 2.45) is 9.98 Å². The van der Waals surface area contributed by atoms with Gasteiger partial charge in [-0.05, 0) is 49.3 Å². The lowest BCUT2D eigenvalue weighted by atomic mass is 10.3. The second-order valence-corrected chi connectivity index (χ2v) is 5.44. The van der Waals surface area contributed by atoms with Gasteiger partial charge in [0.2, 0.25) is 0 Å². The van der Waals surface area contributed by atoms with Gasteiger partial charge in [0, 0.05) is 0 Å². The molecule has 0 fully saturated rings. The Bertz CT molecular complexity index is 461. The number of nitrogens with zero attached hydrogens (tertiary/aromatic N) is 2. The molecular weight excluding hydrogens is 296 g/mol. The van der Waals surface area contributed by atoms with E-state index >= 15 is 0 Å². The Morgan fingerprint density at radius 3 is 1.19 bits per heavy atom. The molecule has 0 spiro atoms. The molecule has 0 aliphatic heterocycles. The monoisotopic (exact) mass is 318 g/mol. The molecule has 2 rings (SSSR count). The van der Waals surface area contributed by atoms with Crippen LogP contribution in [0.2, 0.25) is 0 Å². The largest absolute Gasteiger partial charge is 0.188 e. The first-order valence-electron chi connectivity index (χ1n) is 6.35. The molecule has 0 aliphatic carbocycles. The van der Waals surface area contributed by atoms with Gasteiger partial charge < -0.3 is 0 Å². The quantitative estimate of drug-likeness (QED) is 0.655. The van der Waals surface area contributed by atoms with E-state index in [0.29, 0.717) is 0 Å². The second kappa shape index (κ2) is 14.9. The van der Waals surface area contributed by atoms with Crippen LogP contribution in [0.4, 0.5) is 11.4 Å². The fourth-order valence-corrected chi connectivity index (χ4v) is 1.15. The summed E-state index contributed by atoms with van der Waals surface area (Å²) in [5, 5.41) is 0. The molecule has 0 aromatic heterocycles. The van der Waals surface area contributed by atoms with Gasteiger partial charge in [0.25, 0.3) is 0 Å². The minimum atomic E-state index is 0.859. The summed E-state index contributed by atoms with van der Waals surface area (Å²) in [5.74, 6) is 0. The third-order valence-corrected chi connectivity index (χ3v) is 1.87. The smallest absolute Gasteiger partial charge is 0.100 e. The molecular formula is C17H22N2S2. The van der Waals surface area contributed by atoms with Gasteiger partial charge in [0.15, 0.2) is 0 Å². The van der Waals surface area contributed by atoms with Crippen LogP contribution in [0.15, 0.2) is 70.6 Å². The van der Waals surface area contributed by atoms with Crippen molar-refractivity contribution in [2.75, 3.05) is 25.0 Å². The van der Waals surface area contributed by atoms with Crippen LogP contribution in [-0.2, 0) is 0 Å². The first kappa shape index (κ1) is 19.5. The summed E-state index contributed by atoms with van der Waals surface area (Å²) >= 11 is 3.50. The van der Waals surface area contributed by atoms with Crippen LogP contribution >= 0.6 is 23.5 Å². The fourth-order valence-electron chi connectivity index (χ4n) is 1.15. The van der Waals surface area contributed by atoms with Crippen molar-refractivity contribution in [1.82, 2.24) is 0 Å². The van der Waals surface area contributed by atoms with E-state index in [1.54, 1.807) is 23.5 Å². The van der Waals surface area contributed by atoms with Crippen molar-refractivity contribution in [3.05, 3.63) is 60.7 Å². The minimum absolute atomic E-state index is 0.859. The Morgan fingerprint density at radius 1 is 0.619 bits per heavy atom. The fraction of sp³-hybridized carbons (Fsp3) is 0.235. The first-order valence-corrected chi connectivity index (χ1v) is 9.61. The number of hydrogen-bond acceptors (Lipinski definition) is 4. The summed E-state index contributed by atoms with van der Waals surface area (Å²) in [6.07, 6.45) is 8.17. The molecule has 0 heterocycles. The van der Waals surface area contributed by atoms with E-state index in [-0.39, 0.29) is 0 Å². The molecule has 0 atom stereocenters. The molecule has 2 aromatic carbocycles. The van der Waals surface area contributed by atoms with Gasteiger partial charge in [-0.3, -0.25) is 0 Å². The zero-order valence-electron chi connectivity index (χ0n) is 13.0. The third kappa shape index (κ3) is 12.0. The topological polar surface area (TPSA) is 24.7 Å². The molecule has 4 heteroatoms. The molecule has 0 aliphatic rings. The van der Waals surface area contributed by atoms with Crippen LogP contribution < -0.4 is 0 Å². The van der Waals surface area contributed by atoms with Gasteiger partial charge >= 0.3 is 0 Å². The summed E-state index contributed by atoms with van der Waals surface area (Å²) < 4.78 is 0. The van der Waals surface area contributed by atoms with Crippen molar-refractivity contribution < 1.29 is 0 Å². The SMILES string of the molecule is C(=Nc1ccccc1)=Nc1ccccc1.CSC.CSC. The summed E-state index contributed by atoms with van der Waals surface area (Å²) in [6, 6.07) is 21.9. The molecule has 0 N–H and O–H groups in total. The lowest BCUT2D eigenvalue weighted by Gasteiger charge is -1.87. The van der Waals surface area contributed by atoms with E-state index in [0.717, 1.165) is 11.4 Å². The Kier molecular flexibility index (Phi) is 13.9. The van der Waals surface area contributed by atoms with E-state index in [9.17, 15) is 0 Å². The molecule has 0 unspecified atom stereocenters. The summed E-state index contributed by atoms with van der Waals surface area (Å²) in [6.45, 7) is 0. The van der Waals surface area contributed by atoms with Crippen LogP contribution in [0.1, 0.15) is 0 Å². The maximum absolute atomic E-state index is 4.08. The van der Waals surface area contributed by atoms with Gasteiger partial charge in [-0.2, -0.15) is 33.5 Å². The standard InChI is InChI=1S/C13H10N2.2C2H6S/c1-3-7-12(8-4-1)14-11-15-13-9-5-2-6-10-13;2*1-3-2/h1-10H;2*1-2H3. The van der Waals surface area contributed by atoms with Crippen LogP contribution in [0.3, 0.4) is 0 Å². The number of hydrogen-bond donors (Lipinski definition) is 0. The van der Waals surface area contributed by atoms with Crippen molar-refractivity contribution in [1.29, 1.82) is 0 Å². The van der Waals surface area contributed by atoms with Gasteiger partial charge in [-0.15, -0.1) is 0 Å². The van der Waals surface area contributed by atoms with Crippen molar-refractivity contribution >= 4 is 40.9 Å². The average molecular weight is 319 g/mol. The Labute approximate surface area is 136 Å². The molecule has 21 heavy (non-hydrogen) atoms.